The number of aromatic nitrogens is 1. The van der Waals surface area contributed by atoms with Crippen molar-refractivity contribution in [1.29, 1.82) is 0 Å². The molecule has 3 rings (SSSR count). The van der Waals surface area contributed by atoms with E-state index in [1.807, 2.05) is 31.2 Å². The van der Waals surface area contributed by atoms with Gasteiger partial charge in [0.25, 0.3) is 5.91 Å². The zero-order valence-electron chi connectivity index (χ0n) is 14.2. The quantitative estimate of drug-likeness (QED) is 0.559. The number of aryl methyl sites for hydroxylation is 1. The van der Waals surface area contributed by atoms with E-state index >= 15 is 0 Å². The molecule has 0 bridgehead atoms. The second-order valence-corrected chi connectivity index (χ2v) is 7.88. The Morgan fingerprint density at radius 1 is 1.31 bits per heavy atom. The van der Waals surface area contributed by atoms with Gasteiger partial charge in [-0.3, -0.25) is 4.79 Å². The summed E-state index contributed by atoms with van der Waals surface area (Å²) in [5, 5.41) is 4.45. The summed E-state index contributed by atoms with van der Waals surface area (Å²) in [5.74, 6) is 0.455. The van der Waals surface area contributed by atoms with Gasteiger partial charge in [0.2, 0.25) is 0 Å². The maximum atomic E-state index is 12.5. The van der Waals surface area contributed by atoms with E-state index in [0.717, 1.165) is 21.1 Å². The van der Waals surface area contributed by atoms with Crippen LogP contribution in [0.4, 0.5) is 0 Å². The number of thiazole rings is 1. The Kier molecular flexibility index (Phi) is 5.96. The summed E-state index contributed by atoms with van der Waals surface area (Å²) in [6.45, 7) is 2.33. The lowest BCUT2D eigenvalue weighted by Gasteiger charge is -2.08. The standard InChI is InChI=1S/C19H16BrClN2O2S/c1-11-17(26-19(23-11)13-5-3-4-6-16(13)21)10-22-18(24)14-9-12(25-2)7-8-15(14)20/h3-9H,10H2,1-2H3,(H,22,24). The van der Waals surface area contributed by atoms with Crippen molar-refractivity contribution >= 4 is 44.8 Å². The van der Waals surface area contributed by atoms with Gasteiger partial charge in [0.15, 0.2) is 0 Å². The molecule has 0 aliphatic rings. The molecule has 3 aromatic rings. The Hall–Kier alpha value is -1.89. The minimum atomic E-state index is -0.178. The van der Waals surface area contributed by atoms with Gasteiger partial charge in [0.05, 0.1) is 29.9 Å². The summed E-state index contributed by atoms with van der Waals surface area (Å²) in [6.07, 6.45) is 0. The highest BCUT2D eigenvalue weighted by Crippen LogP contribution is 2.32. The largest absolute Gasteiger partial charge is 0.497 e. The zero-order chi connectivity index (χ0) is 18.7. The maximum absolute atomic E-state index is 12.5. The number of methoxy groups -OCH3 is 1. The topological polar surface area (TPSA) is 51.2 Å². The fraction of sp³-hybridized carbons (Fsp3) is 0.158. The Labute approximate surface area is 169 Å². The van der Waals surface area contributed by atoms with E-state index in [-0.39, 0.29) is 5.91 Å². The number of halogens is 2. The Morgan fingerprint density at radius 3 is 2.81 bits per heavy atom. The van der Waals surface area contributed by atoms with Gasteiger partial charge in [-0.1, -0.05) is 29.8 Å². The minimum Gasteiger partial charge on any atom is -0.497 e. The van der Waals surface area contributed by atoms with Crippen molar-refractivity contribution in [3.05, 3.63) is 68.1 Å². The first kappa shape index (κ1) is 18.9. The van der Waals surface area contributed by atoms with Gasteiger partial charge >= 0.3 is 0 Å². The van der Waals surface area contributed by atoms with Crippen molar-refractivity contribution in [2.75, 3.05) is 7.11 Å². The van der Waals surface area contributed by atoms with Crippen LogP contribution in [-0.2, 0) is 6.54 Å². The fourth-order valence-electron chi connectivity index (χ4n) is 2.40. The normalized spacial score (nSPS) is 10.6. The van der Waals surface area contributed by atoms with Gasteiger partial charge in [-0.2, -0.15) is 0 Å². The molecule has 7 heteroatoms. The Bertz CT molecular complexity index is 958. The molecule has 2 aromatic carbocycles. The minimum absolute atomic E-state index is 0.178. The molecule has 1 aromatic heterocycles. The first-order chi connectivity index (χ1) is 12.5. The number of hydrogen-bond donors (Lipinski definition) is 1. The molecule has 0 spiro atoms. The van der Waals surface area contributed by atoms with Crippen molar-refractivity contribution in [3.63, 3.8) is 0 Å². The van der Waals surface area contributed by atoms with Crippen LogP contribution in [0.15, 0.2) is 46.9 Å². The van der Waals surface area contributed by atoms with Crippen LogP contribution in [0.2, 0.25) is 5.02 Å². The molecular weight excluding hydrogens is 436 g/mol. The molecule has 0 atom stereocenters. The monoisotopic (exact) mass is 450 g/mol. The molecule has 0 saturated carbocycles. The van der Waals surface area contributed by atoms with Gasteiger partial charge in [0.1, 0.15) is 10.8 Å². The third kappa shape index (κ3) is 4.09. The highest BCUT2D eigenvalue weighted by molar-refractivity contribution is 9.10. The molecule has 134 valence electrons. The highest BCUT2D eigenvalue weighted by atomic mass is 79.9. The van der Waals surface area contributed by atoms with Crippen molar-refractivity contribution < 1.29 is 9.53 Å². The molecule has 1 amide bonds. The van der Waals surface area contributed by atoms with Crippen molar-refractivity contribution in [3.8, 4) is 16.3 Å². The summed E-state index contributed by atoms with van der Waals surface area (Å²) < 4.78 is 5.90. The lowest BCUT2D eigenvalue weighted by molar-refractivity contribution is 0.0950. The van der Waals surface area contributed by atoms with E-state index in [1.165, 1.54) is 11.3 Å². The van der Waals surface area contributed by atoms with Crippen LogP contribution in [0.5, 0.6) is 5.75 Å². The summed E-state index contributed by atoms with van der Waals surface area (Å²) in [4.78, 5) is 18.1. The molecule has 0 aliphatic heterocycles. The van der Waals surface area contributed by atoms with Crippen LogP contribution in [0.25, 0.3) is 10.6 Å². The molecule has 26 heavy (non-hydrogen) atoms. The van der Waals surface area contributed by atoms with Gasteiger partial charge in [0, 0.05) is 14.9 Å². The molecule has 0 fully saturated rings. The number of rotatable bonds is 5. The average molecular weight is 452 g/mol. The summed E-state index contributed by atoms with van der Waals surface area (Å²) in [7, 11) is 1.57. The number of amides is 1. The molecule has 1 heterocycles. The van der Waals surface area contributed by atoms with Crippen LogP contribution in [0.3, 0.4) is 0 Å². The van der Waals surface area contributed by atoms with Crippen molar-refractivity contribution in [2.45, 2.75) is 13.5 Å². The maximum Gasteiger partial charge on any atom is 0.252 e. The molecule has 0 unspecified atom stereocenters. The molecular formula is C19H16BrClN2O2S. The number of carbonyl (C=O) groups is 1. The summed E-state index contributed by atoms with van der Waals surface area (Å²) in [5.41, 5.74) is 2.31. The lowest BCUT2D eigenvalue weighted by Crippen LogP contribution is -2.23. The van der Waals surface area contributed by atoms with Gasteiger partial charge in [-0.15, -0.1) is 11.3 Å². The van der Waals surface area contributed by atoms with Crippen LogP contribution in [-0.4, -0.2) is 18.0 Å². The predicted molar refractivity (Wildman–Crippen MR) is 109 cm³/mol. The summed E-state index contributed by atoms with van der Waals surface area (Å²) >= 11 is 11.2. The van der Waals surface area contributed by atoms with E-state index in [1.54, 1.807) is 25.3 Å². The van der Waals surface area contributed by atoms with E-state index < -0.39 is 0 Å². The molecule has 0 radical (unpaired) electrons. The molecule has 0 aliphatic carbocycles. The SMILES string of the molecule is COc1ccc(Br)c(C(=O)NCc2sc(-c3ccccc3Cl)nc2C)c1. The van der Waals surface area contributed by atoms with Crippen molar-refractivity contribution in [1.82, 2.24) is 10.3 Å². The zero-order valence-corrected chi connectivity index (χ0v) is 17.3. The first-order valence-electron chi connectivity index (χ1n) is 7.82. The number of carbonyl (C=O) groups excluding carboxylic acids is 1. The lowest BCUT2D eigenvalue weighted by atomic mass is 10.2. The third-order valence-corrected chi connectivity index (χ3v) is 6.04. The Balaban J connectivity index is 1.76. The van der Waals surface area contributed by atoms with E-state index in [4.69, 9.17) is 16.3 Å². The number of hydrogen-bond acceptors (Lipinski definition) is 4. The van der Waals surface area contributed by atoms with Gasteiger partial charge in [-0.05, 0) is 47.1 Å². The van der Waals surface area contributed by atoms with Crippen molar-refractivity contribution in [2.24, 2.45) is 0 Å². The molecule has 4 nitrogen and oxygen atoms in total. The van der Waals surface area contributed by atoms with E-state index in [0.29, 0.717) is 27.4 Å². The molecule has 1 N–H and O–H groups in total. The predicted octanol–water partition coefficient (Wildman–Crippen LogP) is 5.47. The fourth-order valence-corrected chi connectivity index (χ4v) is 4.15. The number of nitrogens with zero attached hydrogens (tertiary/aromatic N) is 1. The number of benzene rings is 2. The third-order valence-electron chi connectivity index (χ3n) is 3.82. The Morgan fingerprint density at radius 2 is 2.08 bits per heavy atom. The van der Waals surface area contributed by atoms with Crippen LogP contribution < -0.4 is 10.1 Å². The van der Waals surface area contributed by atoms with E-state index in [9.17, 15) is 4.79 Å². The highest BCUT2D eigenvalue weighted by Gasteiger charge is 2.15. The smallest absolute Gasteiger partial charge is 0.252 e. The average Bonchev–Trinajstić information content (AvgIpc) is 3.01. The second kappa shape index (κ2) is 8.20. The molecule has 0 saturated heterocycles. The summed E-state index contributed by atoms with van der Waals surface area (Å²) in [6, 6.07) is 12.9. The van der Waals surface area contributed by atoms with Crippen LogP contribution in [0, 0.1) is 6.92 Å². The van der Waals surface area contributed by atoms with Gasteiger partial charge < -0.3 is 10.1 Å². The van der Waals surface area contributed by atoms with Crippen LogP contribution in [0.1, 0.15) is 20.9 Å². The number of nitrogens with one attached hydrogen (secondary N) is 1. The second-order valence-electron chi connectivity index (χ2n) is 5.54. The number of ether oxygens (including phenoxy) is 1. The van der Waals surface area contributed by atoms with E-state index in [2.05, 4.69) is 26.2 Å². The first-order valence-corrected chi connectivity index (χ1v) is 9.81. The van der Waals surface area contributed by atoms with Gasteiger partial charge in [-0.25, -0.2) is 4.98 Å². The van der Waals surface area contributed by atoms with Crippen LogP contribution >= 0.6 is 38.9 Å².